The molecule has 6 heteroatoms. The van der Waals surface area contributed by atoms with E-state index in [-0.39, 0.29) is 11.3 Å². The molecule has 0 atom stereocenters. The van der Waals surface area contributed by atoms with Crippen LogP contribution in [-0.4, -0.2) is 19.0 Å². The van der Waals surface area contributed by atoms with Crippen molar-refractivity contribution in [2.75, 3.05) is 19.0 Å². The van der Waals surface area contributed by atoms with Crippen molar-refractivity contribution in [3.63, 3.8) is 0 Å². The van der Waals surface area contributed by atoms with Crippen LogP contribution in [0, 0.1) is 32.8 Å². The Morgan fingerprint density at radius 3 is 2.08 bits per heavy atom. The molecular weight excluding hydrogens is 328 g/mol. The molecule has 128 valence electrons. The summed E-state index contributed by atoms with van der Waals surface area (Å²) in [5.41, 5.74) is 2.98. The summed E-state index contributed by atoms with van der Waals surface area (Å²) in [7, 11) is 3.85. The first-order chi connectivity index (χ1) is 12.5. The Hall–Kier alpha value is -3.90. The van der Waals surface area contributed by atoms with Gasteiger partial charge in [0.1, 0.15) is 17.7 Å². The van der Waals surface area contributed by atoms with Crippen LogP contribution in [0.4, 0.5) is 11.4 Å². The molecule has 0 saturated carbocycles. The van der Waals surface area contributed by atoms with Gasteiger partial charge >= 0.3 is 0 Å². The van der Waals surface area contributed by atoms with Crippen molar-refractivity contribution in [1.29, 1.82) is 10.5 Å². The number of allylic oxidation sites excluding steroid dienone is 3. The predicted molar refractivity (Wildman–Crippen MR) is 101 cm³/mol. The van der Waals surface area contributed by atoms with Crippen molar-refractivity contribution in [2.24, 2.45) is 0 Å². The smallest absolute Gasteiger partial charge is 0.269 e. The fraction of sp³-hybridized carbons (Fsp3) is 0.100. The molecule has 0 aliphatic rings. The fourth-order valence-electron chi connectivity index (χ4n) is 2.30. The van der Waals surface area contributed by atoms with Gasteiger partial charge in [-0.1, -0.05) is 24.3 Å². The summed E-state index contributed by atoms with van der Waals surface area (Å²) in [5, 5.41) is 29.2. The molecule has 0 saturated heterocycles. The third-order valence-corrected chi connectivity index (χ3v) is 3.73. The van der Waals surface area contributed by atoms with Crippen LogP contribution in [0.5, 0.6) is 0 Å². The normalized spacial score (nSPS) is 10.0. The number of benzene rings is 2. The lowest BCUT2D eigenvalue weighted by Crippen LogP contribution is -2.08. The van der Waals surface area contributed by atoms with Crippen LogP contribution in [-0.2, 0) is 0 Å². The van der Waals surface area contributed by atoms with E-state index in [1.165, 1.54) is 12.1 Å². The minimum atomic E-state index is -0.464. The van der Waals surface area contributed by atoms with Crippen molar-refractivity contribution < 1.29 is 4.92 Å². The van der Waals surface area contributed by atoms with E-state index in [1.807, 2.05) is 55.4 Å². The summed E-state index contributed by atoms with van der Waals surface area (Å²) in [5.74, 6) is 0. The summed E-state index contributed by atoms with van der Waals surface area (Å²) in [6, 6.07) is 17.4. The van der Waals surface area contributed by atoms with Gasteiger partial charge in [-0.05, 0) is 35.4 Å². The maximum atomic E-state index is 10.7. The molecule has 2 aromatic carbocycles. The molecule has 0 amide bonds. The molecule has 0 aromatic heterocycles. The van der Waals surface area contributed by atoms with E-state index in [9.17, 15) is 20.6 Å². The number of anilines is 1. The molecule has 0 unspecified atom stereocenters. The Balaban J connectivity index is 2.41. The molecule has 0 bridgehead atoms. The highest BCUT2D eigenvalue weighted by molar-refractivity contribution is 5.85. The first-order valence-electron chi connectivity index (χ1n) is 7.71. The van der Waals surface area contributed by atoms with Crippen LogP contribution >= 0.6 is 0 Å². The minimum Gasteiger partial charge on any atom is -0.378 e. The summed E-state index contributed by atoms with van der Waals surface area (Å²) < 4.78 is 0. The molecule has 2 aromatic rings. The number of hydrogen-bond donors (Lipinski definition) is 0. The Morgan fingerprint density at radius 1 is 1.04 bits per heavy atom. The summed E-state index contributed by atoms with van der Waals surface area (Å²) in [4.78, 5) is 12.2. The summed E-state index contributed by atoms with van der Waals surface area (Å²) in [6.07, 6.45) is 3.39. The van der Waals surface area contributed by atoms with E-state index >= 15 is 0 Å². The van der Waals surface area contributed by atoms with E-state index in [2.05, 4.69) is 0 Å². The SMILES string of the molecule is CN(C)c1ccc(C(/C=C/c2ccc([N+](=O)[O-])cc2)=C(C#N)C#N)cc1. The monoisotopic (exact) mass is 344 g/mol. The lowest BCUT2D eigenvalue weighted by atomic mass is 9.99. The van der Waals surface area contributed by atoms with Crippen LogP contribution in [0.1, 0.15) is 11.1 Å². The molecule has 0 spiro atoms. The molecule has 2 rings (SSSR count). The van der Waals surface area contributed by atoms with Crippen molar-refractivity contribution in [2.45, 2.75) is 0 Å². The summed E-state index contributed by atoms with van der Waals surface area (Å²) >= 11 is 0. The first kappa shape index (κ1) is 18.4. The molecule has 0 aliphatic heterocycles. The number of non-ortho nitro benzene ring substituents is 1. The molecule has 6 nitrogen and oxygen atoms in total. The molecule has 0 radical (unpaired) electrons. The number of hydrogen-bond acceptors (Lipinski definition) is 5. The standard InChI is InChI=1S/C20H16N4O2/c1-23(2)18-10-6-16(7-11-18)20(17(13-21)14-22)12-5-15-3-8-19(9-4-15)24(25)26/h3-12H,1-2H3/b12-5+. The van der Waals surface area contributed by atoms with Crippen molar-refractivity contribution in [3.05, 3.63) is 81.4 Å². The van der Waals surface area contributed by atoms with Crippen molar-refractivity contribution >= 4 is 23.0 Å². The second-order valence-electron chi connectivity index (χ2n) is 5.64. The third-order valence-electron chi connectivity index (χ3n) is 3.73. The van der Waals surface area contributed by atoms with Crippen LogP contribution < -0.4 is 4.90 Å². The highest BCUT2D eigenvalue weighted by Gasteiger charge is 2.08. The molecule has 0 heterocycles. The number of nitrogens with zero attached hydrogens (tertiary/aromatic N) is 4. The Labute approximate surface area is 151 Å². The van der Waals surface area contributed by atoms with E-state index < -0.39 is 4.92 Å². The quantitative estimate of drug-likeness (QED) is 0.351. The fourth-order valence-corrected chi connectivity index (χ4v) is 2.30. The lowest BCUT2D eigenvalue weighted by molar-refractivity contribution is -0.384. The van der Waals surface area contributed by atoms with Gasteiger partial charge in [0.25, 0.3) is 5.69 Å². The number of nitro benzene ring substituents is 1. The first-order valence-corrected chi connectivity index (χ1v) is 7.71. The zero-order valence-corrected chi connectivity index (χ0v) is 14.4. The lowest BCUT2D eigenvalue weighted by Gasteiger charge is -2.13. The van der Waals surface area contributed by atoms with Crippen LogP contribution in [0.15, 0.2) is 60.2 Å². The average molecular weight is 344 g/mol. The predicted octanol–water partition coefficient (Wildman–Crippen LogP) is 4.17. The number of nitro groups is 1. The molecule has 0 fully saturated rings. The highest BCUT2D eigenvalue weighted by Crippen LogP contribution is 2.24. The molecule has 26 heavy (non-hydrogen) atoms. The van der Waals surface area contributed by atoms with E-state index in [0.717, 1.165) is 16.8 Å². The van der Waals surface area contributed by atoms with Crippen LogP contribution in [0.2, 0.25) is 0 Å². The number of rotatable bonds is 5. The Kier molecular flexibility index (Phi) is 5.87. The second kappa shape index (κ2) is 8.27. The van der Waals surface area contributed by atoms with Crippen molar-refractivity contribution in [3.8, 4) is 12.1 Å². The van der Waals surface area contributed by atoms with E-state index in [0.29, 0.717) is 5.57 Å². The zero-order valence-electron chi connectivity index (χ0n) is 14.4. The van der Waals surface area contributed by atoms with Crippen LogP contribution in [0.25, 0.3) is 11.6 Å². The van der Waals surface area contributed by atoms with Gasteiger partial charge in [0.2, 0.25) is 0 Å². The largest absolute Gasteiger partial charge is 0.378 e. The van der Waals surface area contributed by atoms with Gasteiger partial charge in [-0.2, -0.15) is 10.5 Å². The van der Waals surface area contributed by atoms with Gasteiger partial charge in [-0.25, -0.2) is 0 Å². The number of nitriles is 2. The average Bonchev–Trinajstić information content (AvgIpc) is 2.65. The Morgan fingerprint density at radius 2 is 1.62 bits per heavy atom. The van der Waals surface area contributed by atoms with Gasteiger partial charge < -0.3 is 4.90 Å². The second-order valence-corrected chi connectivity index (χ2v) is 5.64. The van der Waals surface area contributed by atoms with Gasteiger partial charge in [0.15, 0.2) is 0 Å². The van der Waals surface area contributed by atoms with Crippen molar-refractivity contribution in [1.82, 2.24) is 0 Å². The topological polar surface area (TPSA) is 94.0 Å². The third kappa shape index (κ3) is 4.34. The maximum absolute atomic E-state index is 10.7. The van der Waals surface area contributed by atoms with Gasteiger partial charge in [-0.15, -0.1) is 0 Å². The summed E-state index contributed by atoms with van der Waals surface area (Å²) in [6.45, 7) is 0. The molecule has 0 aliphatic carbocycles. The minimum absolute atomic E-state index is 0.000708. The van der Waals surface area contributed by atoms with Gasteiger partial charge in [-0.3, -0.25) is 10.1 Å². The molecular formula is C20H16N4O2. The van der Waals surface area contributed by atoms with E-state index in [1.54, 1.807) is 24.3 Å². The van der Waals surface area contributed by atoms with E-state index in [4.69, 9.17) is 0 Å². The maximum Gasteiger partial charge on any atom is 0.269 e. The van der Waals surface area contributed by atoms with Gasteiger partial charge in [0.05, 0.1) is 4.92 Å². The Bertz CT molecular complexity index is 925. The zero-order chi connectivity index (χ0) is 19.1. The highest BCUT2D eigenvalue weighted by atomic mass is 16.6. The van der Waals surface area contributed by atoms with Gasteiger partial charge in [0, 0.05) is 37.5 Å². The van der Waals surface area contributed by atoms with Crippen LogP contribution in [0.3, 0.4) is 0 Å². The molecule has 0 N–H and O–H groups in total.